The van der Waals surface area contributed by atoms with Crippen LogP contribution in [0.5, 0.6) is 5.75 Å². The van der Waals surface area contributed by atoms with E-state index in [4.69, 9.17) is 33.2 Å². The molecule has 0 amide bonds. The fourth-order valence-corrected chi connectivity index (χ4v) is 2.61. The summed E-state index contributed by atoms with van der Waals surface area (Å²) < 4.78 is 5.11. The zero-order chi connectivity index (χ0) is 13.8. The number of hydrogen-bond acceptors (Lipinski definition) is 4. The minimum Gasteiger partial charge on any atom is -0.477 e. The summed E-state index contributed by atoms with van der Waals surface area (Å²) in [6, 6.07) is 8.42. The highest BCUT2D eigenvalue weighted by atomic mass is 35.5. The van der Waals surface area contributed by atoms with Crippen molar-refractivity contribution in [2.75, 3.05) is 6.61 Å². The third kappa shape index (κ3) is 2.90. The number of benzene rings is 1. The van der Waals surface area contributed by atoms with E-state index in [-0.39, 0.29) is 28.2 Å². The van der Waals surface area contributed by atoms with Gasteiger partial charge < -0.3 is 4.74 Å². The van der Waals surface area contributed by atoms with Crippen LogP contribution in [0.15, 0.2) is 29.6 Å². The Morgan fingerprint density at radius 1 is 1.32 bits per heavy atom. The van der Waals surface area contributed by atoms with Gasteiger partial charge in [-0.2, -0.15) is 5.26 Å². The van der Waals surface area contributed by atoms with Crippen molar-refractivity contribution in [2.24, 2.45) is 0 Å². The molecule has 0 unspecified atom stereocenters. The smallest absolute Gasteiger partial charge is 0.204 e. The molecule has 96 valence electrons. The first-order valence-corrected chi connectivity index (χ1v) is 6.84. The van der Waals surface area contributed by atoms with Crippen molar-refractivity contribution in [3.05, 3.63) is 50.1 Å². The fourth-order valence-electron chi connectivity index (χ4n) is 1.47. The lowest BCUT2D eigenvalue weighted by atomic mass is 10.1. The van der Waals surface area contributed by atoms with E-state index in [0.29, 0.717) is 10.4 Å². The maximum Gasteiger partial charge on any atom is 0.204 e. The Morgan fingerprint density at radius 2 is 2.11 bits per heavy atom. The summed E-state index contributed by atoms with van der Waals surface area (Å²) >= 11 is 13.4. The number of hydrogen-bond donors (Lipinski definition) is 0. The quantitative estimate of drug-likeness (QED) is 0.795. The lowest BCUT2D eigenvalue weighted by Crippen LogP contribution is -2.02. The van der Waals surface area contributed by atoms with E-state index in [1.807, 2.05) is 11.4 Å². The first-order valence-electron chi connectivity index (χ1n) is 5.21. The van der Waals surface area contributed by atoms with E-state index in [1.54, 1.807) is 18.2 Å². The maximum atomic E-state index is 12.2. The van der Waals surface area contributed by atoms with Gasteiger partial charge in [0, 0.05) is 5.56 Å². The number of ether oxygens (including phenoxy) is 1. The van der Waals surface area contributed by atoms with Gasteiger partial charge in [0.05, 0.1) is 9.90 Å². The highest BCUT2D eigenvalue weighted by Gasteiger charge is 2.18. The average molecular weight is 312 g/mol. The molecule has 0 saturated heterocycles. The van der Waals surface area contributed by atoms with Crippen LogP contribution in [-0.4, -0.2) is 12.4 Å². The van der Waals surface area contributed by atoms with Crippen LogP contribution in [-0.2, 0) is 0 Å². The molecular weight excluding hydrogens is 305 g/mol. The molecular formula is C13H7Cl2NO2S. The van der Waals surface area contributed by atoms with E-state index < -0.39 is 0 Å². The molecule has 19 heavy (non-hydrogen) atoms. The van der Waals surface area contributed by atoms with Crippen LogP contribution >= 0.6 is 34.5 Å². The van der Waals surface area contributed by atoms with Gasteiger partial charge >= 0.3 is 0 Å². The van der Waals surface area contributed by atoms with E-state index in [9.17, 15) is 4.79 Å². The minimum atomic E-state index is -0.186. The minimum absolute atomic E-state index is 0.131. The molecule has 0 spiro atoms. The van der Waals surface area contributed by atoms with Crippen LogP contribution in [0.4, 0.5) is 0 Å². The number of nitrogens with zero attached hydrogens (tertiary/aromatic N) is 1. The summed E-state index contributed by atoms with van der Waals surface area (Å²) in [7, 11) is 0. The molecule has 0 aliphatic carbocycles. The van der Waals surface area contributed by atoms with Gasteiger partial charge in [0.1, 0.15) is 16.8 Å². The summed E-state index contributed by atoms with van der Waals surface area (Å²) in [5, 5.41) is 10.5. The van der Waals surface area contributed by atoms with Crippen LogP contribution in [0.3, 0.4) is 0 Å². The summed E-state index contributed by atoms with van der Waals surface area (Å²) in [5.41, 5.74) is 0.318. The highest BCUT2D eigenvalue weighted by molar-refractivity contribution is 7.12. The van der Waals surface area contributed by atoms with Crippen LogP contribution in [0.2, 0.25) is 10.0 Å². The van der Waals surface area contributed by atoms with Crippen molar-refractivity contribution in [3.8, 4) is 11.8 Å². The molecule has 0 radical (unpaired) electrons. The van der Waals surface area contributed by atoms with Crippen LogP contribution < -0.4 is 4.74 Å². The first kappa shape index (κ1) is 13.9. The van der Waals surface area contributed by atoms with E-state index >= 15 is 0 Å². The van der Waals surface area contributed by atoms with E-state index in [1.165, 1.54) is 17.4 Å². The lowest BCUT2D eigenvalue weighted by Gasteiger charge is -2.09. The second-order valence-corrected chi connectivity index (χ2v) is 5.20. The van der Waals surface area contributed by atoms with Gasteiger partial charge in [0.25, 0.3) is 0 Å². The van der Waals surface area contributed by atoms with Crippen molar-refractivity contribution in [3.63, 3.8) is 0 Å². The van der Waals surface area contributed by atoms with Crippen LogP contribution in [0, 0.1) is 11.3 Å². The fraction of sp³-hybridized carbons (Fsp3) is 0.0769. The molecule has 2 rings (SSSR count). The summed E-state index contributed by atoms with van der Waals surface area (Å²) in [5.74, 6) is 0.102. The molecule has 6 heteroatoms. The lowest BCUT2D eigenvalue weighted by molar-refractivity contribution is 0.104. The molecule has 0 atom stereocenters. The van der Waals surface area contributed by atoms with Gasteiger partial charge in [-0.3, -0.25) is 4.79 Å². The maximum absolute atomic E-state index is 12.2. The molecule has 0 saturated carbocycles. The van der Waals surface area contributed by atoms with Gasteiger partial charge in [-0.25, -0.2) is 0 Å². The Morgan fingerprint density at radius 3 is 2.74 bits per heavy atom. The molecule has 0 fully saturated rings. The molecule has 1 aromatic carbocycles. The number of rotatable bonds is 4. The van der Waals surface area contributed by atoms with Gasteiger partial charge in [-0.1, -0.05) is 29.3 Å². The largest absolute Gasteiger partial charge is 0.477 e. The van der Waals surface area contributed by atoms with Gasteiger partial charge in [0.2, 0.25) is 5.78 Å². The summed E-state index contributed by atoms with van der Waals surface area (Å²) in [4.78, 5) is 12.8. The molecule has 0 bridgehead atoms. The average Bonchev–Trinajstić information content (AvgIpc) is 2.94. The van der Waals surface area contributed by atoms with Crippen molar-refractivity contribution < 1.29 is 9.53 Å². The van der Waals surface area contributed by atoms with Crippen molar-refractivity contribution in [1.82, 2.24) is 0 Å². The van der Waals surface area contributed by atoms with Crippen LogP contribution in [0.1, 0.15) is 15.2 Å². The van der Waals surface area contributed by atoms with E-state index in [2.05, 4.69) is 0 Å². The molecule has 1 heterocycles. The zero-order valence-corrected chi connectivity index (χ0v) is 11.9. The molecule has 2 aromatic rings. The van der Waals surface area contributed by atoms with Gasteiger partial charge in [0.15, 0.2) is 6.61 Å². The predicted octanol–water partition coefficient (Wildman–Crippen LogP) is 4.19. The highest BCUT2D eigenvalue weighted by Crippen LogP contribution is 2.36. The number of nitriles is 1. The topological polar surface area (TPSA) is 50.1 Å². The number of halogens is 2. The van der Waals surface area contributed by atoms with Gasteiger partial charge in [-0.15, -0.1) is 11.3 Å². The first-order chi connectivity index (χ1) is 9.15. The molecule has 0 aliphatic rings. The van der Waals surface area contributed by atoms with Gasteiger partial charge in [-0.05, 0) is 23.6 Å². The second-order valence-electron chi connectivity index (χ2n) is 3.49. The number of thiophene rings is 1. The number of carbonyl (C=O) groups excluding carboxylic acids is 1. The molecule has 0 N–H and O–H groups in total. The standard InChI is InChI=1S/C13H7Cl2NO2S/c14-11-8(13(17)10-2-1-7-19-10)3-4-9(12(11)15)18-6-5-16/h1-4,7H,6H2. The second kappa shape index (κ2) is 6.07. The van der Waals surface area contributed by atoms with Crippen molar-refractivity contribution in [1.29, 1.82) is 5.26 Å². The monoisotopic (exact) mass is 311 g/mol. The van der Waals surface area contributed by atoms with Crippen molar-refractivity contribution >= 4 is 40.3 Å². The molecule has 1 aromatic heterocycles. The Kier molecular flexibility index (Phi) is 4.43. The summed E-state index contributed by atoms with van der Waals surface area (Å²) in [6.45, 7) is -0.131. The number of carbonyl (C=O) groups is 1. The normalized spacial score (nSPS) is 9.95. The van der Waals surface area contributed by atoms with Crippen molar-refractivity contribution in [2.45, 2.75) is 0 Å². The predicted molar refractivity (Wildman–Crippen MR) is 75.3 cm³/mol. The molecule has 0 aliphatic heterocycles. The zero-order valence-electron chi connectivity index (χ0n) is 9.52. The Hall–Kier alpha value is -1.54. The third-order valence-electron chi connectivity index (χ3n) is 2.33. The molecule has 3 nitrogen and oxygen atoms in total. The van der Waals surface area contributed by atoms with E-state index in [0.717, 1.165) is 0 Å². The Bertz CT molecular complexity index is 647. The Balaban J connectivity index is 2.36. The summed E-state index contributed by atoms with van der Waals surface area (Å²) in [6.07, 6.45) is 0. The Labute approximate surface area is 123 Å². The van der Waals surface area contributed by atoms with Crippen LogP contribution in [0.25, 0.3) is 0 Å². The third-order valence-corrected chi connectivity index (χ3v) is 4.06. The number of ketones is 1. The SMILES string of the molecule is N#CCOc1ccc(C(=O)c2cccs2)c(Cl)c1Cl.